The van der Waals surface area contributed by atoms with Gasteiger partial charge in [-0.15, -0.1) is 11.3 Å². The van der Waals surface area contributed by atoms with Gasteiger partial charge in [0.2, 0.25) is 11.9 Å². The molecule has 0 atom stereocenters. The molecule has 3 heterocycles. The number of carbonyl (C=O) groups is 1. The zero-order valence-electron chi connectivity index (χ0n) is 17.4. The maximum atomic E-state index is 11.8. The molecule has 1 saturated heterocycles. The molecule has 0 aliphatic carbocycles. The number of likely N-dealkylation sites (tertiary alicyclic amines) is 1. The van der Waals surface area contributed by atoms with Crippen molar-refractivity contribution in [3.63, 3.8) is 0 Å². The lowest BCUT2D eigenvalue weighted by Gasteiger charge is -2.20. The highest BCUT2D eigenvalue weighted by Gasteiger charge is 2.19. The predicted molar refractivity (Wildman–Crippen MR) is 121 cm³/mol. The van der Waals surface area contributed by atoms with Crippen molar-refractivity contribution in [1.29, 1.82) is 0 Å². The second-order valence-electron chi connectivity index (χ2n) is 7.44. The van der Waals surface area contributed by atoms with Crippen LogP contribution in [0.1, 0.15) is 24.8 Å². The maximum absolute atomic E-state index is 11.8. The largest absolute Gasteiger partial charge is 0.496 e. The summed E-state index contributed by atoms with van der Waals surface area (Å²) in [6.45, 7) is 3.10. The molecule has 1 aliphatic rings. The van der Waals surface area contributed by atoms with Gasteiger partial charge < -0.3 is 19.9 Å². The summed E-state index contributed by atoms with van der Waals surface area (Å²) in [5.74, 6) is 2.65. The number of thiophene rings is 1. The highest BCUT2D eigenvalue weighted by atomic mass is 32.1. The first-order valence-electron chi connectivity index (χ1n) is 10.3. The molecule has 1 amide bonds. The molecule has 30 heavy (non-hydrogen) atoms. The summed E-state index contributed by atoms with van der Waals surface area (Å²) in [6.07, 6.45) is 2.57. The van der Waals surface area contributed by atoms with Crippen molar-refractivity contribution >= 4 is 39.2 Å². The van der Waals surface area contributed by atoms with Crippen molar-refractivity contribution in [2.45, 2.75) is 25.8 Å². The van der Waals surface area contributed by atoms with Gasteiger partial charge in [0, 0.05) is 45.2 Å². The Kier molecular flexibility index (Phi) is 6.32. The van der Waals surface area contributed by atoms with Gasteiger partial charge in [-0.1, -0.05) is 18.2 Å². The Hall–Kier alpha value is -2.87. The lowest BCUT2D eigenvalue weighted by molar-refractivity contribution is -0.127. The Labute approximate surface area is 180 Å². The fraction of sp³-hybridized carbons (Fsp3) is 0.409. The number of anilines is 2. The van der Waals surface area contributed by atoms with E-state index >= 15 is 0 Å². The molecule has 3 aromatic rings. The van der Waals surface area contributed by atoms with Gasteiger partial charge in [0.1, 0.15) is 11.6 Å². The average Bonchev–Trinajstić information content (AvgIpc) is 3.40. The van der Waals surface area contributed by atoms with Crippen LogP contribution in [-0.2, 0) is 11.3 Å². The first-order chi connectivity index (χ1) is 14.7. The Morgan fingerprint density at radius 2 is 2.13 bits per heavy atom. The van der Waals surface area contributed by atoms with E-state index in [0.717, 1.165) is 59.8 Å². The van der Waals surface area contributed by atoms with Crippen molar-refractivity contribution in [1.82, 2.24) is 14.9 Å². The zero-order chi connectivity index (χ0) is 20.9. The number of rotatable bonds is 9. The highest BCUT2D eigenvalue weighted by molar-refractivity contribution is 7.17. The van der Waals surface area contributed by atoms with Gasteiger partial charge in [0.25, 0.3) is 0 Å². The van der Waals surface area contributed by atoms with E-state index in [0.29, 0.717) is 18.9 Å². The Bertz CT molecular complexity index is 1020. The molecule has 4 rings (SSSR count). The Balaban J connectivity index is 1.45. The number of benzene rings is 1. The topological polar surface area (TPSA) is 70.6 Å². The molecular formula is C22H27N5O2S. The molecule has 2 aromatic heterocycles. The van der Waals surface area contributed by atoms with Gasteiger partial charge in [-0.3, -0.25) is 4.79 Å². The second kappa shape index (κ2) is 9.30. The fourth-order valence-corrected chi connectivity index (χ4v) is 4.52. The van der Waals surface area contributed by atoms with E-state index in [2.05, 4.69) is 11.4 Å². The lowest BCUT2D eigenvalue weighted by atomic mass is 10.2. The fourth-order valence-electron chi connectivity index (χ4n) is 3.72. The quantitative estimate of drug-likeness (QED) is 0.527. The minimum atomic E-state index is 0.276. The number of amides is 1. The molecule has 7 nitrogen and oxygen atoms in total. The second-order valence-corrected chi connectivity index (χ2v) is 8.36. The number of methoxy groups -OCH3 is 1. The minimum absolute atomic E-state index is 0.276. The maximum Gasteiger partial charge on any atom is 0.227 e. The van der Waals surface area contributed by atoms with Gasteiger partial charge in [-0.05, 0) is 30.4 Å². The third-order valence-electron chi connectivity index (χ3n) is 5.30. The third-order valence-corrected chi connectivity index (χ3v) is 6.21. The molecule has 8 heteroatoms. The van der Waals surface area contributed by atoms with Gasteiger partial charge in [0.05, 0.1) is 17.3 Å². The van der Waals surface area contributed by atoms with E-state index in [1.165, 1.54) is 0 Å². The van der Waals surface area contributed by atoms with Crippen molar-refractivity contribution in [2.24, 2.45) is 0 Å². The molecule has 1 N–H and O–H groups in total. The van der Waals surface area contributed by atoms with Gasteiger partial charge in [0.15, 0.2) is 0 Å². The van der Waals surface area contributed by atoms with Crippen molar-refractivity contribution in [2.75, 3.05) is 44.0 Å². The number of nitrogens with zero attached hydrogens (tertiary/aromatic N) is 4. The first kappa shape index (κ1) is 20.4. The normalized spacial score (nSPS) is 13.8. The monoisotopic (exact) mass is 425 g/mol. The van der Waals surface area contributed by atoms with Gasteiger partial charge >= 0.3 is 0 Å². The van der Waals surface area contributed by atoms with Crippen LogP contribution in [0, 0.1) is 0 Å². The van der Waals surface area contributed by atoms with Crippen molar-refractivity contribution < 1.29 is 9.53 Å². The van der Waals surface area contributed by atoms with E-state index in [1.54, 1.807) is 18.4 Å². The molecule has 158 valence electrons. The summed E-state index contributed by atoms with van der Waals surface area (Å²) < 4.78 is 6.53. The minimum Gasteiger partial charge on any atom is -0.496 e. The summed E-state index contributed by atoms with van der Waals surface area (Å²) in [5, 5.41) is 5.50. The summed E-state index contributed by atoms with van der Waals surface area (Å²) in [4.78, 5) is 25.3. The SMILES string of the molecule is COc1ccccc1CN(C)c1nc(NCCCN2CCCC2=O)c2sccc2n1. The lowest BCUT2D eigenvalue weighted by Crippen LogP contribution is -2.27. The van der Waals surface area contributed by atoms with Gasteiger partial charge in [-0.25, -0.2) is 4.98 Å². The molecule has 0 radical (unpaired) electrons. The van der Waals surface area contributed by atoms with E-state index in [1.807, 2.05) is 46.5 Å². The molecule has 0 unspecified atom stereocenters. The van der Waals surface area contributed by atoms with Crippen LogP contribution in [-0.4, -0.2) is 54.6 Å². The molecule has 0 saturated carbocycles. The van der Waals surface area contributed by atoms with E-state index in [4.69, 9.17) is 14.7 Å². The average molecular weight is 426 g/mol. The summed E-state index contributed by atoms with van der Waals surface area (Å²) >= 11 is 1.64. The molecule has 1 aliphatic heterocycles. The van der Waals surface area contributed by atoms with E-state index in [9.17, 15) is 4.79 Å². The summed E-state index contributed by atoms with van der Waals surface area (Å²) in [5.41, 5.74) is 2.02. The number of fused-ring (bicyclic) bond motifs is 1. The number of hydrogen-bond donors (Lipinski definition) is 1. The molecule has 1 aromatic carbocycles. The number of hydrogen-bond acceptors (Lipinski definition) is 7. The van der Waals surface area contributed by atoms with Crippen LogP contribution in [0.3, 0.4) is 0 Å². The Morgan fingerprint density at radius 3 is 2.93 bits per heavy atom. The highest BCUT2D eigenvalue weighted by Crippen LogP contribution is 2.29. The van der Waals surface area contributed by atoms with Crippen LogP contribution in [0.25, 0.3) is 10.2 Å². The zero-order valence-corrected chi connectivity index (χ0v) is 18.2. The van der Waals surface area contributed by atoms with Gasteiger partial charge in [-0.2, -0.15) is 4.98 Å². The third kappa shape index (κ3) is 4.48. The number of carbonyl (C=O) groups excluding carboxylic acids is 1. The van der Waals surface area contributed by atoms with E-state index < -0.39 is 0 Å². The number of ether oxygens (including phenoxy) is 1. The van der Waals surface area contributed by atoms with Crippen LogP contribution in [0.2, 0.25) is 0 Å². The molecule has 0 spiro atoms. The smallest absolute Gasteiger partial charge is 0.227 e. The van der Waals surface area contributed by atoms with Crippen molar-refractivity contribution in [3.8, 4) is 5.75 Å². The molecule has 1 fully saturated rings. The van der Waals surface area contributed by atoms with Crippen LogP contribution >= 0.6 is 11.3 Å². The predicted octanol–water partition coefficient (Wildman–Crippen LogP) is 3.76. The number of aromatic nitrogens is 2. The van der Waals surface area contributed by atoms with Crippen LogP contribution in [0.4, 0.5) is 11.8 Å². The Morgan fingerprint density at radius 1 is 1.27 bits per heavy atom. The summed E-state index contributed by atoms with van der Waals surface area (Å²) in [6, 6.07) is 10.0. The molecular weight excluding hydrogens is 398 g/mol. The molecule has 0 bridgehead atoms. The van der Waals surface area contributed by atoms with Crippen LogP contribution < -0.4 is 15.0 Å². The van der Waals surface area contributed by atoms with Crippen LogP contribution in [0.15, 0.2) is 35.7 Å². The van der Waals surface area contributed by atoms with Crippen molar-refractivity contribution in [3.05, 3.63) is 41.3 Å². The summed E-state index contributed by atoms with van der Waals surface area (Å²) in [7, 11) is 3.67. The standard InChI is InChI=1S/C22H27N5O2S/c1-26(15-16-7-3-4-8-18(16)29-2)22-24-17-10-14-30-20(17)21(25-22)23-11-6-13-27-12-5-9-19(27)28/h3-4,7-8,10,14H,5-6,9,11-13,15H2,1-2H3,(H,23,24,25). The van der Waals surface area contributed by atoms with E-state index in [-0.39, 0.29) is 5.91 Å². The first-order valence-corrected chi connectivity index (χ1v) is 11.1. The number of para-hydroxylation sites is 1. The number of nitrogens with one attached hydrogen (secondary N) is 1. The van der Waals surface area contributed by atoms with Crippen LogP contribution in [0.5, 0.6) is 5.75 Å².